The third-order valence-corrected chi connectivity index (χ3v) is 3.40. The second-order valence-corrected chi connectivity index (χ2v) is 5.15. The summed E-state index contributed by atoms with van der Waals surface area (Å²) < 4.78 is 5.22. The quantitative estimate of drug-likeness (QED) is 0.721. The summed E-state index contributed by atoms with van der Waals surface area (Å²) >= 11 is 0. The van der Waals surface area contributed by atoms with Gasteiger partial charge in [-0.05, 0) is 37.8 Å². The van der Waals surface area contributed by atoms with Crippen LogP contribution in [0.4, 0.5) is 0 Å². The van der Waals surface area contributed by atoms with Gasteiger partial charge in [0.05, 0.1) is 23.8 Å². The number of hydrogen-bond acceptors (Lipinski definition) is 4. The molecule has 2 atom stereocenters. The number of rotatable bonds is 8. The number of carbonyl (C=O) groups is 2. The normalized spacial score (nSPS) is 13.5. The third-order valence-electron chi connectivity index (χ3n) is 3.40. The summed E-state index contributed by atoms with van der Waals surface area (Å²) in [6.07, 6.45) is 1.88. The lowest BCUT2D eigenvalue weighted by Crippen LogP contribution is -2.17. The molecular formula is C16H22O5. The number of benzene rings is 1. The maximum Gasteiger partial charge on any atom is 0.339 e. The minimum atomic E-state index is -1.15. The van der Waals surface area contributed by atoms with E-state index in [-0.39, 0.29) is 29.8 Å². The number of aliphatic hydroxyl groups excluding tert-OH is 1. The molecular weight excluding hydrogens is 278 g/mol. The lowest BCUT2D eigenvalue weighted by Gasteiger charge is -2.16. The standard InChI is InChI=1S/C16H22O5/c1-3-12(9-8-11(2)17)10-21-16(20)14-7-5-4-6-13(14)15(18)19/h4-7,11-12,17H,3,8-10H2,1-2H3,(H,18,19)/i4+1,5+1,6+1,7+1,13+1,14+1. The van der Waals surface area contributed by atoms with E-state index in [1.807, 2.05) is 6.92 Å². The molecule has 116 valence electrons. The Kier molecular flexibility index (Phi) is 6.88. The van der Waals surface area contributed by atoms with Gasteiger partial charge in [0.15, 0.2) is 0 Å². The molecule has 1 aromatic carbocycles. The Labute approximate surface area is 124 Å². The third kappa shape index (κ3) is 5.55. The Hall–Kier alpha value is -1.88. The first kappa shape index (κ1) is 17.2. The van der Waals surface area contributed by atoms with Gasteiger partial charge in [0.25, 0.3) is 0 Å². The summed E-state index contributed by atoms with van der Waals surface area (Å²) in [7, 11) is 0. The van der Waals surface area contributed by atoms with E-state index < -0.39 is 11.9 Å². The minimum absolute atomic E-state index is 0.0560. The van der Waals surface area contributed by atoms with Gasteiger partial charge in [-0.2, -0.15) is 0 Å². The second-order valence-electron chi connectivity index (χ2n) is 5.15. The largest absolute Gasteiger partial charge is 0.478 e. The number of aliphatic hydroxyl groups is 1. The van der Waals surface area contributed by atoms with Crippen molar-refractivity contribution in [3.8, 4) is 0 Å². The van der Waals surface area contributed by atoms with E-state index in [0.29, 0.717) is 6.42 Å². The number of esters is 1. The molecule has 0 radical (unpaired) electrons. The molecule has 0 aliphatic rings. The lowest BCUT2D eigenvalue weighted by atomic mass is 10.00. The van der Waals surface area contributed by atoms with E-state index >= 15 is 0 Å². The molecule has 0 saturated carbocycles. The van der Waals surface area contributed by atoms with Gasteiger partial charge in [-0.15, -0.1) is 0 Å². The molecule has 0 aromatic heterocycles. The van der Waals surface area contributed by atoms with Crippen LogP contribution in [0.3, 0.4) is 0 Å². The Morgan fingerprint density at radius 1 is 1.19 bits per heavy atom. The number of carboxylic acid groups (broad SMARTS) is 1. The Balaban J connectivity index is 2.63. The van der Waals surface area contributed by atoms with Gasteiger partial charge in [-0.3, -0.25) is 0 Å². The first-order valence-corrected chi connectivity index (χ1v) is 7.13. The summed E-state index contributed by atoms with van der Waals surface area (Å²) in [6.45, 7) is 3.95. The fourth-order valence-electron chi connectivity index (χ4n) is 2.00. The van der Waals surface area contributed by atoms with E-state index in [9.17, 15) is 14.7 Å². The van der Waals surface area contributed by atoms with Crippen LogP contribution in [-0.2, 0) is 4.74 Å². The van der Waals surface area contributed by atoms with Crippen LogP contribution in [0, 0.1) is 5.92 Å². The SMILES string of the molecule is CCC(CCC(C)O)COC(=O)[13c]1[13cH][13cH][13cH][13cH][13c]1C(=O)O. The van der Waals surface area contributed by atoms with Crippen molar-refractivity contribution in [2.24, 2.45) is 5.92 Å². The van der Waals surface area contributed by atoms with Crippen LogP contribution >= 0.6 is 0 Å². The predicted molar refractivity (Wildman–Crippen MR) is 78.4 cm³/mol. The zero-order chi connectivity index (χ0) is 15.8. The van der Waals surface area contributed by atoms with Crippen molar-refractivity contribution in [2.75, 3.05) is 6.61 Å². The second kappa shape index (κ2) is 8.42. The van der Waals surface area contributed by atoms with Gasteiger partial charge in [-0.25, -0.2) is 9.59 Å². The zero-order valence-corrected chi connectivity index (χ0v) is 12.4. The Morgan fingerprint density at radius 2 is 1.81 bits per heavy atom. The molecule has 0 amide bonds. The van der Waals surface area contributed by atoms with E-state index in [2.05, 4.69) is 0 Å². The number of aromatic carboxylic acids is 1. The molecule has 2 unspecified atom stereocenters. The highest BCUT2D eigenvalue weighted by Crippen LogP contribution is 2.16. The highest BCUT2D eigenvalue weighted by atomic mass is 16.5. The minimum Gasteiger partial charge on any atom is -0.478 e. The van der Waals surface area contributed by atoms with E-state index in [1.165, 1.54) is 12.1 Å². The van der Waals surface area contributed by atoms with Crippen molar-refractivity contribution >= 4 is 11.9 Å². The van der Waals surface area contributed by atoms with Crippen LogP contribution in [0.25, 0.3) is 0 Å². The first-order valence-electron chi connectivity index (χ1n) is 7.13. The maximum absolute atomic E-state index is 12.0. The topological polar surface area (TPSA) is 83.8 Å². The van der Waals surface area contributed by atoms with Crippen LogP contribution in [0.5, 0.6) is 0 Å². The van der Waals surface area contributed by atoms with Crippen LogP contribution in [-0.4, -0.2) is 34.9 Å². The molecule has 21 heavy (non-hydrogen) atoms. The van der Waals surface area contributed by atoms with Crippen molar-refractivity contribution < 1.29 is 24.5 Å². The molecule has 5 nitrogen and oxygen atoms in total. The molecule has 1 rings (SSSR count). The highest BCUT2D eigenvalue weighted by Gasteiger charge is 2.18. The molecule has 0 aliphatic heterocycles. The number of carboxylic acids is 1. The summed E-state index contributed by atoms with van der Waals surface area (Å²) in [5.41, 5.74) is 0.00917. The molecule has 1 aromatic rings. The summed E-state index contributed by atoms with van der Waals surface area (Å²) in [6, 6.07) is 6.00. The lowest BCUT2D eigenvalue weighted by molar-refractivity contribution is 0.0411. The maximum atomic E-state index is 12.0. The van der Waals surface area contributed by atoms with Gasteiger partial charge in [0, 0.05) is 0 Å². The van der Waals surface area contributed by atoms with Gasteiger partial charge < -0.3 is 14.9 Å². The fourth-order valence-corrected chi connectivity index (χ4v) is 2.00. The summed E-state index contributed by atoms with van der Waals surface area (Å²) in [5.74, 6) is -1.60. The van der Waals surface area contributed by atoms with Crippen molar-refractivity contribution in [3.05, 3.63) is 35.4 Å². The Morgan fingerprint density at radius 3 is 2.33 bits per heavy atom. The first-order chi connectivity index (χ1) is 9.95. The molecule has 0 fully saturated rings. The average molecular weight is 300 g/mol. The Bertz CT molecular complexity index is 481. The van der Waals surface area contributed by atoms with E-state index in [4.69, 9.17) is 9.84 Å². The number of hydrogen-bond donors (Lipinski definition) is 2. The molecule has 0 aliphatic carbocycles. The smallest absolute Gasteiger partial charge is 0.339 e. The predicted octanol–water partition coefficient (Wildman–Crippen LogP) is 2.73. The van der Waals surface area contributed by atoms with E-state index in [1.54, 1.807) is 19.1 Å². The molecule has 5 heteroatoms. The van der Waals surface area contributed by atoms with Crippen molar-refractivity contribution in [2.45, 2.75) is 39.2 Å². The molecule has 2 N–H and O–H groups in total. The fraction of sp³-hybridized carbons (Fsp3) is 0.500. The number of carbonyl (C=O) groups excluding carboxylic acids is 1. The number of ether oxygens (including phenoxy) is 1. The van der Waals surface area contributed by atoms with E-state index in [0.717, 1.165) is 12.8 Å². The van der Waals surface area contributed by atoms with Crippen LogP contribution in [0.1, 0.15) is 53.8 Å². The van der Waals surface area contributed by atoms with Gasteiger partial charge in [0.1, 0.15) is 0 Å². The van der Waals surface area contributed by atoms with Gasteiger partial charge in [0.2, 0.25) is 0 Å². The average Bonchev–Trinajstić information content (AvgIpc) is 2.46. The van der Waals surface area contributed by atoms with Gasteiger partial charge >= 0.3 is 11.9 Å². The molecule has 0 bridgehead atoms. The van der Waals surface area contributed by atoms with Crippen LogP contribution in [0.15, 0.2) is 24.3 Å². The van der Waals surface area contributed by atoms with Crippen molar-refractivity contribution in [1.82, 2.24) is 0 Å². The molecule has 0 heterocycles. The summed E-state index contributed by atoms with van der Waals surface area (Å²) in [5, 5.41) is 18.3. The van der Waals surface area contributed by atoms with Crippen LogP contribution < -0.4 is 0 Å². The molecule has 0 spiro atoms. The van der Waals surface area contributed by atoms with Crippen molar-refractivity contribution in [3.63, 3.8) is 0 Å². The van der Waals surface area contributed by atoms with Crippen LogP contribution in [0.2, 0.25) is 0 Å². The van der Waals surface area contributed by atoms with Gasteiger partial charge in [-0.1, -0.05) is 25.5 Å². The summed E-state index contributed by atoms with van der Waals surface area (Å²) in [4.78, 5) is 23.1. The monoisotopic (exact) mass is 300 g/mol. The zero-order valence-electron chi connectivity index (χ0n) is 12.4. The van der Waals surface area contributed by atoms with Crippen molar-refractivity contribution in [1.29, 1.82) is 0 Å². The highest BCUT2D eigenvalue weighted by molar-refractivity contribution is 6.02. The molecule has 0 saturated heterocycles.